The van der Waals surface area contributed by atoms with Gasteiger partial charge < -0.3 is 15.2 Å². The molecule has 0 amide bonds. The van der Waals surface area contributed by atoms with Crippen molar-refractivity contribution in [1.29, 1.82) is 0 Å². The second kappa shape index (κ2) is 7.11. The fraction of sp³-hybridized carbons (Fsp3) is 0.900. The average molecular weight is 311 g/mol. The maximum atomic E-state index is 12.1. The summed E-state index contributed by atoms with van der Waals surface area (Å²) in [4.78, 5) is 10.7. The molecule has 0 spiro atoms. The summed E-state index contributed by atoms with van der Waals surface area (Å²) in [7, 11) is 0. The molecule has 0 aliphatic carbocycles. The summed E-state index contributed by atoms with van der Waals surface area (Å²) in [5, 5.41) is 11.2. The smallest absolute Gasteiger partial charge is 0.423 e. The van der Waals surface area contributed by atoms with Gasteiger partial charge in [-0.2, -0.15) is 26.3 Å². The molecule has 1 atom stereocenters. The molecule has 0 saturated carbocycles. The molecule has 0 aromatic heterocycles. The minimum absolute atomic E-state index is 0.294. The Morgan fingerprint density at radius 2 is 1.60 bits per heavy atom. The first-order valence-electron chi connectivity index (χ1n) is 5.59. The SMILES string of the molecule is CC(C)NC(CCOC(C(F)(F)F)C(F)(F)F)C(=O)O. The molecule has 0 saturated heterocycles. The molecular formula is C10H15F6NO3. The second-order valence-corrected chi connectivity index (χ2v) is 4.33. The van der Waals surface area contributed by atoms with Gasteiger partial charge in [0.15, 0.2) is 0 Å². The third kappa shape index (κ3) is 6.94. The van der Waals surface area contributed by atoms with Crippen LogP contribution in [-0.2, 0) is 9.53 Å². The lowest BCUT2D eigenvalue weighted by Gasteiger charge is -2.24. The summed E-state index contributed by atoms with van der Waals surface area (Å²) < 4.78 is 76.6. The van der Waals surface area contributed by atoms with Gasteiger partial charge in [-0.3, -0.25) is 4.79 Å². The van der Waals surface area contributed by atoms with E-state index in [-0.39, 0.29) is 6.04 Å². The number of hydrogen-bond acceptors (Lipinski definition) is 3. The zero-order valence-corrected chi connectivity index (χ0v) is 10.7. The molecule has 0 heterocycles. The van der Waals surface area contributed by atoms with E-state index in [9.17, 15) is 31.1 Å². The Morgan fingerprint density at radius 3 is 1.90 bits per heavy atom. The van der Waals surface area contributed by atoms with Crippen LogP contribution in [0.2, 0.25) is 0 Å². The summed E-state index contributed by atoms with van der Waals surface area (Å²) >= 11 is 0. The maximum absolute atomic E-state index is 12.1. The average Bonchev–Trinajstić information content (AvgIpc) is 2.17. The predicted molar refractivity (Wildman–Crippen MR) is 56.2 cm³/mol. The van der Waals surface area contributed by atoms with Gasteiger partial charge in [0.05, 0.1) is 0 Å². The molecule has 0 radical (unpaired) electrons. The largest absolute Gasteiger partial charge is 0.480 e. The summed E-state index contributed by atoms with van der Waals surface area (Å²) in [6.07, 6.45) is -15.6. The van der Waals surface area contributed by atoms with Crippen LogP contribution in [0.1, 0.15) is 20.3 Å². The second-order valence-electron chi connectivity index (χ2n) is 4.33. The lowest BCUT2D eigenvalue weighted by Crippen LogP contribution is -2.46. The molecule has 0 aliphatic heterocycles. The number of carbonyl (C=O) groups is 1. The fourth-order valence-corrected chi connectivity index (χ4v) is 1.36. The monoisotopic (exact) mass is 311 g/mol. The number of carboxylic acid groups (broad SMARTS) is 1. The van der Waals surface area contributed by atoms with Crippen LogP contribution in [0.15, 0.2) is 0 Å². The van der Waals surface area contributed by atoms with Crippen molar-refractivity contribution < 1.29 is 41.0 Å². The Hall–Kier alpha value is -1.03. The van der Waals surface area contributed by atoms with Crippen molar-refractivity contribution in [3.05, 3.63) is 0 Å². The maximum Gasteiger partial charge on any atom is 0.423 e. The molecule has 120 valence electrons. The highest BCUT2D eigenvalue weighted by Crippen LogP contribution is 2.35. The van der Waals surface area contributed by atoms with Crippen molar-refractivity contribution in [2.45, 2.75) is 50.8 Å². The zero-order chi connectivity index (χ0) is 16.1. The third-order valence-electron chi connectivity index (χ3n) is 2.12. The van der Waals surface area contributed by atoms with Crippen molar-refractivity contribution in [2.24, 2.45) is 0 Å². The van der Waals surface area contributed by atoms with Crippen molar-refractivity contribution in [3.8, 4) is 0 Å². The first kappa shape index (κ1) is 19.0. The molecule has 20 heavy (non-hydrogen) atoms. The van der Waals surface area contributed by atoms with Crippen LogP contribution in [-0.4, -0.2) is 48.2 Å². The minimum atomic E-state index is -5.59. The molecule has 0 aromatic rings. The van der Waals surface area contributed by atoms with Crippen LogP contribution in [0, 0.1) is 0 Å². The van der Waals surface area contributed by atoms with E-state index in [0.29, 0.717) is 0 Å². The lowest BCUT2D eigenvalue weighted by molar-refractivity contribution is -0.321. The van der Waals surface area contributed by atoms with E-state index in [0.717, 1.165) is 0 Å². The number of ether oxygens (including phenoxy) is 1. The Balaban J connectivity index is 4.53. The molecule has 0 bridgehead atoms. The lowest BCUT2D eigenvalue weighted by atomic mass is 10.2. The van der Waals surface area contributed by atoms with Gasteiger partial charge in [-0.05, 0) is 6.42 Å². The highest BCUT2D eigenvalue weighted by atomic mass is 19.4. The van der Waals surface area contributed by atoms with Crippen molar-refractivity contribution >= 4 is 5.97 Å². The molecule has 10 heteroatoms. The van der Waals surface area contributed by atoms with E-state index in [1.165, 1.54) is 0 Å². The van der Waals surface area contributed by atoms with Crippen LogP contribution < -0.4 is 5.32 Å². The third-order valence-corrected chi connectivity index (χ3v) is 2.12. The summed E-state index contributed by atoms with van der Waals surface area (Å²) in [6.45, 7) is 2.19. The predicted octanol–water partition coefficient (Wildman–Crippen LogP) is 2.34. The normalized spacial score (nSPS) is 14.9. The van der Waals surface area contributed by atoms with Gasteiger partial charge in [-0.1, -0.05) is 13.8 Å². The number of hydrogen-bond donors (Lipinski definition) is 2. The molecule has 2 N–H and O–H groups in total. The quantitative estimate of drug-likeness (QED) is 0.709. The minimum Gasteiger partial charge on any atom is -0.480 e. The van der Waals surface area contributed by atoms with Crippen LogP contribution in [0.4, 0.5) is 26.3 Å². The van der Waals surface area contributed by atoms with Gasteiger partial charge in [-0.25, -0.2) is 0 Å². The van der Waals surface area contributed by atoms with Gasteiger partial charge in [0.25, 0.3) is 0 Å². The summed E-state index contributed by atoms with van der Waals surface area (Å²) in [5.74, 6) is -1.38. The highest BCUT2D eigenvalue weighted by molar-refractivity contribution is 5.73. The van der Waals surface area contributed by atoms with E-state index in [4.69, 9.17) is 5.11 Å². The fourth-order valence-electron chi connectivity index (χ4n) is 1.36. The Kier molecular flexibility index (Phi) is 6.75. The van der Waals surface area contributed by atoms with Crippen molar-refractivity contribution in [1.82, 2.24) is 5.32 Å². The van der Waals surface area contributed by atoms with Crippen LogP contribution in [0.25, 0.3) is 0 Å². The van der Waals surface area contributed by atoms with Crippen molar-refractivity contribution in [3.63, 3.8) is 0 Å². The topological polar surface area (TPSA) is 58.6 Å². The van der Waals surface area contributed by atoms with Crippen LogP contribution >= 0.6 is 0 Å². The molecule has 0 fully saturated rings. The Morgan fingerprint density at radius 1 is 1.15 bits per heavy atom. The molecule has 0 aliphatic rings. The van der Waals surface area contributed by atoms with Gasteiger partial charge in [0, 0.05) is 12.6 Å². The van der Waals surface area contributed by atoms with Crippen LogP contribution in [0.5, 0.6) is 0 Å². The van der Waals surface area contributed by atoms with Gasteiger partial charge in [0.2, 0.25) is 6.10 Å². The molecular weight excluding hydrogens is 296 g/mol. The van der Waals surface area contributed by atoms with Gasteiger partial charge in [0.1, 0.15) is 6.04 Å². The standard InChI is InChI=1S/C10H15F6NO3/c1-5(2)17-6(7(18)19)3-4-20-8(9(11,12)13)10(14,15)16/h5-6,8,17H,3-4H2,1-2H3,(H,18,19). The molecule has 0 aromatic carbocycles. The van der Waals surface area contributed by atoms with Crippen LogP contribution in [0.3, 0.4) is 0 Å². The number of halogens is 6. The molecule has 0 rings (SSSR count). The van der Waals surface area contributed by atoms with E-state index in [1.54, 1.807) is 13.8 Å². The van der Waals surface area contributed by atoms with E-state index in [2.05, 4.69) is 10.1 Å². The van der Waals surface area contributed by atoms with E-state index >= 15 is 0 Å². The van der Waals surface area contributed by atoms with Crippen molar-refractivity contribution in [2.75, 3.05) is 6.61 Å². The summed E-state index contributed by atoms with van der Waals surface area (Å²) in [6, 6.07) is -1.57. The summed E-state index contributed by atoms with van der Waals surface area (Å²) in [5.41, 5.74) is 0. The Bertz CT molecular complexity index is 301. The van der Waals surface area contributed by atoms with Gasteiger partial charge in [-0.15, -0.1) is 0 Å². The highest BCUT2D eigenvalue weighted by Gasteiger charge is 2.57. The number of rotatable bonds is 7. The van der Waals surface area contributed by atoms with E-state index < -0.39 is 43.5 Å². The first-order valence-corrected chi connectivity index (χ1v) is 5.59. The zero-order valence-electron chi connectivity index (χ0n) is 10.7. The number of aliphatic carboxylic acids is 1. The van der Waals surface area contributed by atoms with Gasteiger partial charge >= 0.3 is 18.3 Å². The number of carboxylic acids is 1. The number of nitrogens with one attached hydrogen (secondary N) is 1. The Labute approximate surface area is 111 Å². The number of alkyl halides is 6. The van der Waals surface area contributed by atoms with E-state index in [1.807, 2.05) is 0 Å². The molecule has 1 unspecified atom stereocenters. The first-order chi connectivity index (χ1) is 8.85. The molecule has 4 nitrogen and oxygen atoms in total.